The first kappa shape index (κ1) is 17.2. The lowest BCUT2D eigenvalue weighted by Crippen LogP contribution is -2.42. The van der Waals surface area contributed by atoms with Gasteiger partial charge in [-0.15, -0.1) is 0 Å². The van der Waals surface area contributed by atoms with Crippen LogP contribution in [-0.2, 0) is 10.0 Å². The van der Waals surface area contributed by atoms with Crippen LogP contribution in [-0.4, -0.2) is 44.8 Å². The average Bonchev–Trinajstić information content (AvgIpc) is 2.23. The average molecular weight is 282 g/mol. The highest BCUT2D eigenvalue weighted by atomic mass is 32.2. The quantitative estimate of drug-likeness (QED) is 0.669. The van der Waals surface area contributed by atoms with Crippen LogP contribution in [0.1, 0.15) is 27.7 Å². The minimum Gasteiger partial charge on any atom is -0.313 e. The predicted octanol–water partition coefficient (Wildman–Crippen LogP) is 1.29. The summed E-state index contributed by atoms with van der Waals surface area (Å²) in [6.07, 6.45) is 2.03. The topological polar surface area (TPSA) is 58.2 Å². The van der Waals surface area contributed by atoms with Crippen LogP contribution in [0.4, 0.5) is 0 Å². The van der Waals surface area contributed by atoms with Gasteiger partial charge in [-0.2, -0.15) is 11.8 Å². The molecule has 0 aliphatic rings. The second-order valence-corrected chi connectivity index (χ2v) is 7.92. The van der Waals surface area contributed by atoms with Crippen molar-refractivity contribution < 1.29 is 8.42 Å². The minimum atomic E-state index is -3.19. The molecular formula is C11H26N2O2S2. The van der Waals surface area contributed by atoms with Crippen molar-refractivity contribution in [1.82, 2.24) is 10.0 Å². The van der Waals surface area contributed by atoms with Crippen LogP contribution < -0.4 is 10.0 Å². The van der Waals surface area contributed by atoms with Gasteiger partial charge in [0.05, 0.1) is 5.25 Å². The minimum absolute atomic E-state index is 0.308. The SMILES string of the molecule is CSCC(C)CNS(=O)(=O)C(C)CNC(C)C. The Bertz CT molecular complexity index is 292. The summed E-state index contributed by atoms with van der Waals surface area (Å²) in [5, 5.41) is 2.74. The summed E-state index contributed by atoms with van der Waals surface area (Å²) < 4.78 is 26.5. The molecule has 0 spiro atoms. The third-order valence-corrected chi connectivity index (χ3v) is 5.12. The summed E-state index contributed by atoms with van der Waals surface area (Å²) in [5.41, 5.74) is 0. The molecule has 2 unspecified atom stereocenters. The molecule has 17 heavy (non-hydrogen) atoms. The zero-order valence-corrected chi connectivity index (χ0v) is 13.1. The monoisotopic (exact) mass is 282 g/mol. The molecule has 0 aromatic rings. The number of sulfonamides is 1. The Kier molecular flexibility index (Phi) is 8.45. The van der Waals surface area contributed by atoms with E-state index in [4.69, 9.17) is 0 Å². The maximum Gasteiger partial charge on any atom is 0.215 e. The van der Waals surface area contributed by atoms with E-state index in [1.807, 2.05) is 20.1 Å². The van der Waals surface area contributed by atoms with Crippen LogP contribution >= 0.6 is 11.8 Å². The van der Waals surface area contributed by atoms with Crippen molar-refractivity contribution in [2.75, 3.05) is 25.1 Å². The zero-order valence-electron chi connectivity index (χ0n) is 11.5. The summed E-state index contributed by atoms with van der Waals surface area (Å²) in [6.45, 7) is 8.81. The highest BCUT2D eigenvalue weighted by molar-refractivity contribution is 7.98. The third-order valence-electron chi connectivity index (χ3n) is 2.43. The first-order chi connectivity index (χ1) is 7.79. The van der Waals surface area contributed by atoms with E-state index >= 15 is 0 Å². The smallest absolute Gasteiger partial charge is 0.215 e. The van der Waals surface area contributed by atoms with E-state index < -0.39 is 15.3 Å². The normalized spacial score (nSPS) is 16.1. The molecule has 0 heterocycles. The van der Waals surface area contributed by atoms with Gasteiger partial charge >= 0.3 is 0 Å². The molecule has 0 rings (SSSR count). The Morgan fingerprint density at radius 1 is 1.12 bits per heavy atom. The molecule has 0 saturated heterocycles. The molecule has 0 aromatic heterocycles. The predicted molar refractivity (Wildman–Crippen MR) is 77.1 cm³/mol. The van der Waals surface area contributed by atoms with Crippen LogP contribution in [0.15, 0.2) is 0 Å². The molecule has 0 aromatic carbocycles. The van der Waals surface area contributed by atoms with Crippen LogP contribution in [0, 0.1) is 5.92 Å². The molecule has 0 aliphatic heterocycles. The Balaban J connectivity index is 4.09. The molecule has 0 fully saturated rings. The highest BCUT2D eigenvalue weighted by Crippen LogP contribution is 2.05. The van der Waals surface area contributed by atoms with Gasteiger partial charge in [0.25, 0.3) is 0 Å². The summed E-state index contributed by atoms with van der Waals surface area (Å²) in [7, 11) is -3.19. The van der Waals surface area contributed by atoms with Crippen molar-refractivity contribution >= 4 is 21.8 Å². The van der Waals surface area contributed by atoms with Gasteiger partial charge in [-0.1, -0.05) is 20.8 Å². The van der Waals surface area contributed by atoms with E-state index in [1.54, 1.807) is 18.7 Å². The molecule has 6 heteroatoms. The molecule has 0 aliphatic carbocycles. The zero-order chi connectivity index (χ0) is 13.5. The Morgan fingerprint density at radius 2 is 1.71 bits per heavy atom. The van der Waals surface area contributed by atoms with Gasteiger partial charge in [0.1, 0.15) is 0 Å². The van der Waals surface area contributed by atoms with Crippen molar-refractivity contribution in [1.29, 1.82) is 0 Å². The van der Waals surface area contributed by atoms with E-state index in [9.17, 15) is 8.42 Å². The van der Waals surface area contributed by atoms with Crippen molar-refractivity contribution in [3.63, 3.8) is 0 Å². The van der Waals surface area contributed by atoms with Gasteiger partial charge in [0.15, 0.2) is 0 Å². The highest BCUT2D eigenvalue weighted by Gasteiger charge is 2.20. The van der Waals surface area contributed by atoms with E-state index in [2.05, 4.69) is 17.0 Å². The maximum absolute atomic E-state index is 11.9. The lowest BCUT2D eigenvalue weighted by Gasteiger charge is -2.18. The first-order valence-corrected chi connectivity index (χ1v) is 8.94. The second-order valence-electron chi connectivity index (χ2n) is 4.83. The maximum atomic E-state index is 11.9. The molecule has 2 atom stereocenters. The van der Waals surface area contributed by atoms with Crippen LogP contribution in [0.3, 0.4) is 0 Å². The molecule has 0 saturated carbocycles. The van der Waals surface area contributed by atoms with Crippen molar-refractivity contribution in [2.45, 2.75) is 39.0 Å². The fourth-order valence-electron chi connectivity index (χ4n) is 1.26. The Hall–Kier alpha value is 0.220. The summed E-state index contributed by atoms with van der Waals surface area (Å²) in [4.78, 5) is 0. The van der Waals surface area contributed by atoms with Crippen LogP contribution in [0.5, 0.6) is 0 Å². The molecule has 0 amide bonds. The molecule has 0 radical (unpaired) electrons. The van der Waals surface area contributed by atoms with E-state index in [0.717, 1.165) is 5.75 Å². The van der Waals surface area contributed by atoms with E-state index in [0.29, 0.717) is 25.0 Å². The van der Waals surface area contributed by atoms with Gasteiger partial charge in [-0.3, -0.25) is 0 Å². The van der Waals surface area contributed by atoms with Crippen LogP contribution in [0.2, 0.25) is 0 Å². The van der Waals surface area contributed by atoms with Crippen molar-refractivity contribution in [3.05, 3.63) is 0 Å². The van der Waals surface area contributed by atoms with Crippen molar-refractivity contribution in [3.8, 4) is 0 Å². The third kappa shape index (κ3) is 8.02. The fraction of sp³-hybridized carbons (Fsp3) is 1.00. The van der Waals surface area contributed by atoms with E-state index in [-0.39, 0.29) is 0 Å². The summed E-state index contributed by atoms with van der Waals surface area (Å²) in [5.74, 6) is 1.34. The van der Waals surface area contributed by atoms with E-state index in [1.165, 1.54) is 0 Å². The Morgan fingerprint density at radius 3 is 2.18 bits per heavy atom. The number of thioether (sulfide) groups is 1. The van der Waals surface area contributed by atoms with Crippen molar-refractivity contribution in [2.24, 2.45) is 5.92 Å². The van der Waals surface area contributed by atoms with Crippen LogP contribution in [0.25, 0.3) is 0 Å². The molecule has 2 N–H and O–H groups in total. The largest absolute Gasteiger partial charge is 0.313 e. The molecule has 104 valence electrons. The second kappa shape index (κ2) is 8.34. The number of rotatable bonds is 9. The lowest BCUT2D eigenvalue weighted by molar-refractivity contribution is 0.531. The summed E-state index contributed by atoms with van der Waals surface area (Å²) >= 11 is 1.74. The lowest BCUT2D eigenvalue weighted by atomic mass is 10.2. The number of hydrogen-bond acceptors (Lipinski definition) is 4. The van der Waals surface area contributed by atoms with Gasteiger partial charge in [0, 0.05) is 19.1 Å². The van der Waals surface area contributed by atoms with Gasteiger partial charge in [-0.05, 0) is 24.9 Å². The molecule has 0 bridgehead atoms. The first-order valence-electron chi connectivity index (χ1n) is 6.00. The van der Waals surface area contributed by atoms with Gasteiger partial charge in [0.2, 0.25) is 10.0 Å². The van der Waals surface area contributed by atoms with Gasteiger partial charge < -0.3 is 5.32 Å². The fourth-order valence-corrected chi connectivity index (χ4v) is 3.06. The standard InChI is InChI=1S/C11H26N2O2S2/c1-9(2)12-7-11(4)17(14,15)13-6-10(3)8-16-5/h9-13H,6-8H2,1-5H3. The Labute approximate surface area is 110 Å². The number of nitrogens with one attached hydrogen (secondary N) is 2. The van der Waals surface area contributed by atoms with Gasteiger partial charge in [-0.25, -0.2) is 13.1 Å². The molecular weight excluding hydrogens is 256 g/mol. The molecule has 4 nitrogen and oxygen atoms in total. The summed E-state index contributed by atoms with van der Waals surface area (Å²) in [6, 6.07) is 0.308. The number of hydrogen-bond donors (Lipinski definition) is 2.